The lowest BCUT2D eigenvalue weighted by Crippen LogP contribution is -2.14. The standard InChI is InChI=1S/C13H19Cl2N.ClH/c1-2-3-4-5-9-16-10-11-7-6-8-12(14)13(11)15;/h6-8,16H,2-5,9-10H2,1H3;1H. The van der Waals surface area contributed by atoms with Gasteiger partial charge in [0.1, 0.15) is 0 Å². The van der Waals surface area contributed by atoms with E-state index in [1.54, 1.807) is 0 Å². The quantitative estimate of drug-likeness (QED) is 0.691. The van der Waals surface area contributed by atoms with Gasteiger partial charge in [0.05, 0.1) is 10.0 Å². The highest BCUT2D eigenvalue weighted by molar-refractivity contribution is 6.42. The molecule has 0 amide bonds. The summed E-state index contributed by atoms with van der Waals surface area (Å²) in [6.45, 7) is 4.06. The molecule has 1 aromatic rings. The number of nitrogens with one attached hydrogen (secondary N) is 1. The van der Waals surface area contributed by atoms with Crippen molar-refractivity contribution in [1.29, 1.82) is 0 Å². The van der Waals surface area contributed by atoms with Gasteiger partial charge in [-0.3, -0.25) is 0 Å². The molecule has 1 rings (SSSR count). The minimum absolute atomic E-state index is 0. The third kappa shape index (κ3) is 6.52. The van der Waals surface area contributed by atoms with Gasteiger partial charge in [-0.05, 0) is 24.6 Å². The third-order valence-electron chi connectivity index (χ3n) is 2.55. The molecule has 1 nitrogen and oxygen atoms in total. The van der Waals surface area contributed by atoms with Crippen molar-refractivity contribution in [3.05, 3.63) is 33.8 Å². The zero-order valence-corrected chi connectivity index (χ0v) is 12.5. The van der Waals surface area contributed by atoms with Crippen LogP contribution in [0.25, 0.3) is 0 Å². The van der Waals surface area contributed by atoms with E-state index in [0.29, 0.717) is 10.0 Å². The molecule has 0 aliphatic heterocycles. The zero-order valence-electron chi connectivity index (χ0n) is 10.1. The highest BCUT2D eigenvalue weighted by Gasteiger charge is 2.02. The van der Waals surface area contributed by atoms with Crippen LogP contribution in [0.5, 0.6) is 0 Å². The lowest BCUT2D eigenvalue weighted by molar-refractivity contribution is 0.598. The van der Waals surface area contributed by atoms with Crippen molar-refractivity contribution in [2.45, 2.75) is 39.2 Å². The average Bonchev–Trinajstić information content (AvgIpc) is 2.29. The summed E-state index contributed by atoms with van der Waals surface area (Å²) in [5, 5.41) is 4.69. The Kier molecular flexibility index (Phi) is 10.0. The van der Waals surface area contributed by atoms with Crippen molar-refractivity contribution in [2.75, 3.05) is 6.54 Å². The van der Waals surface area contributed by atoms with Gasteiger partial charge in [-0.1, -0.05) is 61.5 Å². The molecule has 0 saturated heterocycles. The van der Waals surface area contributed by atoms with Crippen molar-refractivity contribution in [3.8, 4) is 0 Å². The van der Waals surface area contributed by atoms with E-state index < -0.39 is 0 Å². The van der Waals surface area contributed by atoms with Crippen LogP contribution in [0.3, 0.4) is 0 Å². The Morgan fingerprint density at radius 1 is 1.12 bits per heavy atom. The molecule has 1 aromatic carbocycles. The van der Waals surface area contributed by atoms with Gasteiger partial charge in [0.25, 0.3) is 0 Å². The fourth-order valence-corrected chi connectivity index (χ4v) is 1.97. The van der Waals surface area contributed by atoms with E-state index >= 15 is 0 Å². The van der Waals surface area contributed by atoms with Crippen LogP contribution in [0.2, 0.25) is 10.0 Å². The van der Waals surface area contributed by atoms with Crippen molar-refractivity contribution in [3.63, 3.8) is 0 Å². The Bertz CT molecular complexity index is 316. The van der Waals surface area contributed by atoms with E-state index in [9.17, 15) is 0 Å². The second kappa shape index (κ2) is 10.0. The van der Waals surface area contributed by atoms with Crippen LogP contribution in [-0.4, -0.2) is 6.54 Å². The maximum Gasteiger partial charge on any atom is 0.0637 e. The zero-order chi connectivity index (χ0) is 11.8. The molecule has 0 fully saturated rings. The highest BCUT2D eigenvalue weighted by atomic mass is 35.5. The first-order chi connectivity index (χ1) is 7.75. The average molecular weight is 297 g/mol. The topological polar surface area (TPSA) is 12.0 Å². The summed E-state index contributed by atoms with van der Waals surface area (Å²) in [5.74, 6) is 0. The molecule has 0 radical (unpaired) electrons. The maximum atomic E-state index is 6.08. The Balaban J connectivity index is 0.00000256. The van der Waals surface area contributed by atoms with E-state index in [1.807, 2.05) is 18.2 Å². The molecule has 0 spiro atoms. The van der Waals surface area contributed by atoms with E-state index in [2.05, 4.69) is 12.2 Å². The molecule has 0 saturated carbocycles. The van der Waals surface area contributed by atoms with Gasteiger partial charge in [-0.15, -0.1) is 12.4 Å². The maximum absolute atomic E-state index is 6.08. The second-order valence-electron chi connectivity index (χ2n) is 3.95. The Morgan fingerprint density at radius 3 is 2.59 bits per heavy atom. The molecule has 0 bridgehead atoms. The molecular weight excluding hydrogens is 277 g/mol. The first kappa shape index (κ1) is 17.1. The van der Waals surface area contributed by atoms with Crippen LogP contribution in [0.15, 0.2) is 18.2 Å². The lowest BCUT2D eigenvalue weighted by atomic mass is 10.2. The molecule has 0 unspecified atom stereocenters. The monoisotopic (exact) mass is 295 g/mol. The fourth-order valence-electron chi connectivity index (χ4n) is 1.58. The Hall–Kier alpha value is 0.0500. The number of benzene rings is 1. The molecule has 17 heavy (non-hydrogen) atoms. The predicted octanol–water partition coefficient (Wildman–Crippen LogP) is 5.09. The van der Waals surface area contributed by atoms with Gasteiger partial charge < -0.3 is 5.32 Å². The van der Waals surface area contributed by atoms with E-state index in [1.165, 1.54) is 25.7 Å². The van der Waals surface area contributed by atoms with E-state index in [0.717, 1.165) is 18.7 Å². The molecular formula is C13H20Cl3N. The minimum atomic E-state index is 0. The predicted molar refractivity (Wildman–Crippen MR) is 79.6 cm³/mol. The molecule has 98 valence electrons. The summed E-state index contributed by atoms with van der Waals surface area (Å²) in [6.07, 6.45) is 5.12. The van der Waals surface area contributed by atoms with Crippen LogP contribution >= 0.6 is 35.6 Å². The minimum Gasteiger partial charge on any atom is -0.313 e. The normalized spacial score (nSPS) is 10.1. The molecule has 0 aliphatic carbocycles. The Labute approximate surface area is 120 Å². The number of rotatable bonds is 7. The summed E-state index contributed by atoms with van der Waals surface area (Å²) in [5.41, 5.74) is 1.07. The van der Waals surface area contributed by atoms with Crippen molar-refractivity contribution in [2.24, 2.45) is 0 Å². The summed E-state index contributed by atoms with van der Waals surface area (Å²) in [4.78, 5) is 0. The largest absolute Gasteiger partial charge is 0.313 e. The molecule has 0 atom stereocenters. The van der Waals surface area contributed by atoms with Crippen LogP contribution in [0.4, 0.5) is 0 Å². The molecule has 0 aliphatic rings. The van der Waals surface area contributed by atoms with Crippen LogP contribution < -0.4 is 5.32 Å². The summed E-state index contributed by atoms with van der Waals surface area (Å²) in [6, 6.07) is 5.75. The molecule has 0 heterocycles. The summed E-state index contributed by atoms with van der Waals surface area (Å²) < 4.78 is 0. The summed E-state index contributed by atoms with van der Waals surface area (Å²) >= 11 is 12.0. The smallest absolute Gasteiger partial charge is 0.0637 e. The van der Waals surface area contributed by atoms with Crippen LogP contribution in [-0.2, 0) is 6.54 Å². The number of hydrogen-bond acceptors (Lipinski definition) is 1. The number of unbranched alkanes of at least 4 members (excludes halogenated alkanes) is 3. The van der Waals surface area contributed by atoms with Gasteiger partial charge in [0.15, 0.2) is 0 Å². The molecule has 4 heteroatoms. The highest BCUT2D eigenvalue weighted by Crippen LogP contribution is 2.25. The second-order valence-corrected chi connectivity index (χ2v) is 4.74. The van der Waals surface area contributed by atoms with E-state index in [-0.39, 0.29) is 12.4 Å². The van der Waals surface area contributed by atoms with Crippen molar-refractivity contribution in [1.82, 2.24) is 5.32 Å². The van der Waals surface area contributed by atoms with Gasteiger partial charge >= 0.3 is 0 Å². The van der Waals surface area contributed by atoms with E-state index in [4.69, 9.17) is 23.2 Å². The van der Waals surface area contributed by atoms with Crippen molar-refractivity contribution < 1.29 is 0 Å². The first-order valence-electron chi connectivity index (χ1n) is 5.89. The summed E-state index contributed by atoms with van der Waals surface area (Å²) in [7, 11) is 0. The SMILES string of the molecule is CCCCCCNCc1cccc(Cl)c1Cl.Cl. The van der Waals surface area contributed by atoms with Gasteiger partial charge in [-0.25, -0.2) is 0 Å². The van der Waals surface area contributed by atoms with Gasteiger partial charge in [0, 0.05) is 6.54 Å². The third-order valence-corrected chi connectivity index (χ3v) is 3.41. The lowest BCUT2D eigenvalue weighted by Gasteiger charge is -2.07. The van der Waals surface area contributed by atoms with Gasteiger partial charge in [-0.2, -0.15) is 0 Å². The molecule has 1 N–H and O–H groups in total. The number of halogens is 3. The van der Waals surface area contributed by atoms with Crippen LogP contribution in [0, 0.1) is 0 Å². The number of hydrogen-bond donors (Lipinski definition) is 1. The first-order valence-corrected chi connectivity index (χ1v) is 6.65. The van der Waals surface area contributed by atoms with Crippen molar-refractivity contribution >= 4 is 35.6 Å². The molecule has 0 aromatic heterocycles. The van der Waals surface area contributed by atoms with Crippen LogP contribution in [0.1, 0.15) is 38.2 Å². The van der Waals surface area contributed by atoms with Gasteiger partial charge in [0.2, 0.25) is 0 Å². The Morgan fingerprint density at radius 2 is 1.88 bits per heavy atom. The fraction of sp³-hybridized carbons (Fsp3) is 0.538.